The molecule has 0 fully saturated rings. The minimum absolute atomic E-state index is 0.346. The number of aliphatic hydroxyl groups excluding tert-OH is 2. The molecule has 0 aromatic carbocycles. The summed E-state index contributed by atoms with van der Waals surface area (Å²) in [5.41, 5.74) is -1.12. The molecular formula is C47H92O3. The Kier molecular flexibility index (Phi) is 40.6. The summed E-state index contributed by atoms with van der Waals surface area (Å²) in [6.45, 7) is 4.22. The summed E-state index contributed by atoms with van der Waals surface area (Å²) in [6, 6.07) is 0. The molecule has 1 unspecified atom stereocenters. The molecule has 0 aromatic rings. The Morgan fingerprint density at radius 2 is 0.580 bits per heavy atom. The summed E-state index contributed by atoms with van der Waals surface area (Å²) in [4.78, 5) is 0. The second-order valence-corrected chi connectivity index (χ2v) is 16.0. The van der Waals surface area contributed by atoms with Crippen molar-refractivity contribution in [2.75, 3.05) is 6.61 Å². The van der Waals surface area contributed by atoms with Crippen molar-refractivity contribution in [1.82, 2.24) is 0 Å². The van der Waals surface area contributed by atoms with E-state index >= 15 is 0 Å². The quantitative estimate of drug-likeness (QED) is 0.0438. The number of aliphatic hydroxyl groups is 3. The van der Waals surface area contributed by atoms with Crippen LogP contribution in [0.2, 0.25) is 0 Å². The van der Waals surface area contributed by atoms with Gasteiger partial charge in [-0.3, -0.25) is 0 Å². The van der Waals surface area contributed by atoms with E-state index < -0.39 is 11.7 Å². The van der Waals surface area contributed by atoms with E-state index in [2.05, 4.69) is 38.2 Å². The predicted molar refractivity (Wildman–Crippen MR) is 223 cm³/mol. The van der Waals surface area contributed by atoms with Crippen molar-refractivity contribution in [3.63, 3.8) is 0 Å². The summed E-state index contributed by atoms with van der Waals surface area (Å²) in [6.07, 6.45) is 56.9. The first-order valence-electron chi connectivity index (χ1n) is 22.9. The number of rotatable bonds is 42. The lowest BCUT2D eigenvalue weighted by molar-refractivity contribution is -0.106. The van der Waals surface area contributed by atoms with Crippen LogP contribution in [-0.4, -0.2) is 33.6 Å². The van der Waals surface area contributed by atoms with Crippen molar-refractivity contribution in [2.24, 2.45) is 0 Å². The van der Waals surface area contributed by atoms with Crippen LogP contribution < -0.4 is 0 Å². The number of hydrogen-bond donors (Lipinski definition) is 3. The fourth-order valence-corrected chi connectivity index (χ4v) is 7.40. The van der Waals surface area contributed by atoms with Gasteiger partial charge in [0.25, 0.3) is 0 Å². The lowest BCUT2D eigenvalue weighted by Crippen LogP contribution is -2.44. The van der Waals surface area contributed by atoms with Crippen LogP contribution in [0.25, 0.3) is 0 Å². The minimum Gasteiger partial charge on any atom is -0.394 e. The van der Waals surface area contributed by atoms with Crippen molar-refractivity contribution in [1.29, 1.82) is 0 Å². The molecule has 3 nitrogen and oxygen atoms in total. The van der Waals surface area contributed by atoms with Gasteiger partial charge in [0.05, 0.1) is 12.2 Å². The van der Waals surface area contributed by atoms with Crippen LogP contribution in [0.1, 0.15) is 258 Å². The second-order valence-electron chi connectivity index (χ2n) is 16.0. The van der Waals surface area contributed by atoms with Crippen molar-refractivity contribution in [2.45, 2.75) is 270 Å². The maximum Gasteiger partial charge on any atom is 0.106 e. The van der Waals surface area contributed by atoms with Crippen molar-refractivity contribution in [3.05, 3.63) is 24.3 Å². The Morgan fingerprint density at radius 1 is 0.360 bits per heavy atom. The first kappa shape index (κ1) is 49.4. The van der Waals surface area contributed by atoms with Crippen LogP contribution in [0.5, 0.6) is 0 Å². The highest BCUT2D eigenvalue weighted by Gasteiger charge is 2.33. The highest BCUT2D eigenvalue weighted by atomic mass is 16.4. The van der Waals surface area contributed by atoms with Gasteiger partial charge in [0, 0.05) is 0 Å². The molecule has 0 amide bonds. The summed E-state index contributed by atoms with van der Waals surface area (Å²) in [5, 5.41) is 31.1. The number of hydrogen-bond acceptors (Lipinski definition) is 3. The monoisotopic (exact) mass is 705 g/mol. The first-order valence-corrected chi connectivity index (χ1v) is 22.9. The lowest BCUT2D eigenvalue weighted by atomic mass is 9.85. The van der Waals surface area contributed by atoms with Crippen molar-refractivity contribution >= 4 is 0 Å². The van der Waals surface area contributed by atoms with Gasteiger partial charge in [-0.1, -0.05) is 218 Å². The Morgan fingerprint density at radius 3 is 0.820 bits per heavy atom. The molecule has 1 atom stereocenters. The summed E-state index contributed by atoms with van der Waals surface area (Å²) in [7, 11) is 0. The zero-order valence-electron chi connectivity index (χ0n) is 34.3. The smallest absolute Gasteiger partial charge is 0.106 e. The maximum atomic E-state index is 11.2. The standard InChI is InChI=1S/C47H92O3/c1-3-5-7-9-11-13-15-17-19-21-23-25-27-29-31-33-35-37-39-41-43-47(50,46(49)45-48)44-42-40-38-36-34-32-30-28-26-24-22-20-18-16-14-12-10-8-6-4-2/h17-20,46,48-50H,3-16,21-45H2,1-2H3. The van der Waals surface area contributed by atoms with Crippen LogP contribution in [0.4, 0.5) is 0 Å². The molecule has 3 N–H and O–H groups in total. The molecular weight excluding hydrogens is 613 g/mol. The molecule has 3 heteroatoms. The van der Waals surface area contributed by atoms with Crippen molar-refractivity contribution < 1.29 is 15.3 Å². The van der Waals surface area contributed by atoms with Gasteiger partial charge in [0.2, 0.25) is 0 Å². The van der Waals surface area contributed by atoms with E-state index in [0.29, 0.717) is 12.8 Å². The molecule has 0 heterocycles. The van der Waals surface area contributed by atoms with Gasteiger partial charge < -0.3 is 15.3 Å². The molecule has 0 spiro atoms. The number of allylic oxidation sites excluding steroid dienone is 4. The molecule has 50 heavy (non-hydrogen) atoms. The Labute approximate surface area is 315 Å². The van der Waals surface area contributed by atoms with Gasteiger partial charge in [-0.2, -0.15) is 0 Å². The van der Waals surface area contributed by atoms with Crippen LogP contribution in [-0.2, 0) is 0 Å². The molecule has 0 aliphatic rings. The average molecular weight is 705 g/mol. The van der Waals surface area contributed by atoms with Gasteiger partial charge in [0.15, 0.2) is 0 Å². The Balaban J connectivity index is 3.61. The molecule has 0 rings (SSSR count). The Hall–Kier alpha value is -0.640. The van der Waals surface area contributed by atoms with Gasteiger partial charge in [-0.15, -0.1) is 0 Å². The number of unbranched alkanes of at least 4 members (excludes halogenated alkanes) is 32. The molecule has 0 bridgehead atoms. The third kappa shape index (κ3) is 35.7. The Bertz CT molecular complexity index is 636. The first-order chi connectivity index (χ1) is 24.6. The molecule has 0 aliphatic carbocycles. The van der Waals surface area contributed by atoms with Gasteiger partial charge >= 0.3 is 0 Å². The largest absolute Gasteiger partial charge is 0.394 e. The highest BCUT2D eigenvalue weighted by molar-refractivity contribution is 4.86. The normalized spacial score (nSPS) is 13.9. The van der Waals surface area contributed by atoms with Crippen LogP contribution in [0, 0.1) is 0 Å². The fourth-order valence-electron chi connectivity index (χ4n) is 7.40. The molecule has 298 valence electrons. The summed E-state index contributed by atoms with van der Waals surface area (Å²) in [5.74, 6) is 0. The van der Waals surface area contributed by atoms with Gasteiger partial charge in [-0.05, 0) is 64.2 Å². The van der Waals surface area contributed by atoms with Crippen LogP contribution in [0.3, 0.4) is 0 Å². The molecule has 0 radical (unpaired) electrons. The minimum atomic E-state index is -1.12. The van der Waals surface area contributed by atoms with Crippen LogP contribution >= 0.6 is 0 Å². The maximum absolute atomic E-state index is 11.2. The zero-order valence-corrected chi connectivity index (χ0v) is 34.3. The summed E-state index contributed by atoms with van der Waals surface area (Å²) < 4.78 is 0. The van der Waals surface area contributed by atoms with E-state index in [1.807, 2.05) is 0 Å². The molecule has 0 aliphatic heterocycles. The van der Waals surface area contributed by atoms with E-state index in [0.717, 1.165) is 25.7 Å². The van der Waals surface area contributed by atoms with Crippen LogP contribution in [0.15, 0.2) is 24.3 Å². The van der Waals surface area contributed by atoms with Gasteiger partial charge in [-0.25, -0.2) is 0 Å². The second kappa shape index (κ2) is 41.1. The molecule has 0 saturated carbocycles. The summed E-state index contributed by atoms with van der Waals surface area (Å²) >= 11 is 0. The van der Waals surface area contributed by atoms with E-state index in [1.165, 1.54) is 205 Å². The zero-order chi connectivity index (χ0) is 36.5. The van der Waals surface area contributed by atoms with Crippen molar-refractivity contribution in [3.8, 4) is 0 Å². The van der Waals surface area contributed by atoms with Gasteiger partial charge in [0.1, 0.15) is 6.10 Å². The molecule has 0 aromatic heterocycles. The molecule has 0 saturated heterocycles. The third-order valence-electron chi connectivity index (χ3n) is 11.0. The fraction of sp³-hybridized carbons (Fsp3) is 0.915. The topological polar surface area (TPSA) is 60.7 Å². The SMILES string of the molecule is CCCCCCCCC=CCCCCCCCCCCCCC(O)(CCCCCCCCCCCCC=CCCCCCCCC)C(O)CO. The van der Waals surface area contributed by atoms with E-state index in [1.54, 1.807) is 0 Å². The lowest BCUT2D eigenvalue weighted by Gasteiger charge is -2.32. The van der Waals surface area contributed by atoms with E-state index in [4.69, 9.17) is 0 Å². The highest BCUT2D eigenvalue weighted by Crippen LogP contribution is 2.27. The predicted octanol–water partition coefficient (Wildman–Crippen LogP) is 15.0. The van der Waals surface area contributed by atoms with E-state index in [9.17, 15) is 15.3 Å². The third-order valence-corrected chi connectivity index (χ3v) is 11.0. The van der Waals surface area contributed by atoms with E-state index in [-0.39, 0.29) is 6.61 Å². The average Bonchev–Trinajstić information content (AvgIpc) is 3.12.